The summed E-state index contributed by atoms with van der Waals surface area (Å²) in [6.07, 6.45) is 1.16. The summed E-state index contributed by atoms with van der Waals surface area (Å²) in [6.45, 7) is 6.76. The quantitative estimate of drug-likeness (QED) is 0.889. The normalized spacial score (nSPS) is 19.7. The maximum atomic E-state index is 12.1. The molecule has 2 heterocycles. The Morgan fingerprint density at radius 3 is 2.70 bits per heavy atom. The van der Waals surface area contributed by atoms with E-state index in [1.807, 2.05) is 4.90 Å². The number of carboxylic acid groups (broad SMARTS) is 1. The summed E-state index contributed by atoms with van der Waals surface area (Å²) in [5.74, 6) is -0.964. The van der Waals surface area contributed by atoms with E-state index in [-0.39, 0.29) is 6.54 Å². The predicted octanol–water partition coefficient (Wildman–Crippen LogP) is 2.30. The van der Waals surface area contributed by atoms with Gasteiger partial charge in [-0.25, -0.2) is 9.78 Å². The van der Waals surface area contributed by atoms with Crippen LogP contribution in [0, 0.1) is 0 Å². The average molecular weight is 362 g/mol. The molecule has 0 spiro atoms. The Balaban J connectivity index is 2.03. The van der Waals surface area contributed by atoms with Crippen molar-refractivity contribution in [2.24, 2.45) is 0 Å². The van der Waals surface area contributed by atoms with Crippen LogP contribution in [0.1, 0.15) is 25.6 Å². The Hall–Kier alpha value is -1.38. The molecule has 0 saturated carbocycles. The Bertz CT molecular complexity index is 587. The molecule has 9 heteroatoms. The van der Waals surface area contributed by atoms with Gasteiger partial charge in [-0.1, -0.05) is 11.6 Å². The maximum absolute atomic E-state index is 12.1. The third kappa shape index (κ3) is 5.05. The van der Waals surface area contributed by atoms with E-state index in [2.05, 4.69) is 4.98 Å². The van der Waals surface area contributed by atoms with Crippen molar-refractivity contribution in [3.63, 3.8) is 0 Å². The molecular formula is C14H20ClN3O4S. The lowest BCUT2D eigenvalue weighted by atomic mass is 10.1. The van der Waals surface area contributed by atoms with Gasteiger partial charge in [0.1, 0.15) is 11.6 Å². The summed E-state index contributed by atoms with van der Waals surface area (Å²) in [5, 5.41) is 9.47. The average Bonchev–Trinajstić information content (AvgIpc) is 2.82. The monoisotopic (exact) mass is 361 g/mol. The molecule has 1 aliphatic rings. The van der Waals surface area contributed by atoms with Crippen molar-refractivity contribution >= 4 is 35.0 Å². The first-order valence-corrected chi connectivity index (χ1v) is 8.40. The topological polar surface area (TPSA) is 83.0 Å². The summed E-state index contributed by atoms with van der Waals surface area (Å²) >= 11 is 7.13. The molecule has 1 aromatic rings. The summed E-state index contributed by atoms with van der Waals surface area (Å²) in [7, 11) is 0. The maximum Gasteiger partial charge on any atom is 0.410 e. The van der Waals surface area contributed by atoms with E-state index < -0.39 is 23.7 Å². The molecule has 0 unspecified atom stereocenters. The largest absolute Gasteiger partial charge is 0.480 e. The van der Waals surface area contributed by atoms with Crippen LogP contribution >= 0.6 is 22.9 Å². The Morgan fingerprint density at radius 1 is 1.48 bits per heavy atom. The summed E-state index contributed by atoms with van der Waals surface area (Å²) < 4.78 is 5.74. The van der Waals surface area contributed by atoms with Gasteiger partial charge in [-0.2, -0.15) is 0 Å². The molecule has 2 rings (SSSR count). The van der Waals surface area contributed by atoms with Crippen LogP contribution < -0.4 is 0 Å². The second kappa shape index (κ2) is 7.02. The lowest BCUT2D eigenvalue weighted by Crippen LogP contribution is -2.57. The van der Waals surface area contributed by atoms with E-state index in [1.54, 1.807) is 27.0 Å². The zero-order valence-corrected chi connectivity index (χ0v) is 14.9. The third-order valence-electron chi connectivity index (χ3n) is 3.31. The molecule has 23 heavy (non-hydrogen) atoms. The molecule has 0 radical (unpaired) electrons. The fourth-order valence-electron chi connectivity index (χ4n) is 2.29. The zero-order valence-electron chi connectivity index (χ0n) is 13.3. The molecule has 0 aliphatic carbocycles. The lowest BCUT2D eigenvalue weighted by Gasteiger charge is -2.39. The van der Waals surface area contributed by atoms with Gasteiger partial charge >= 0.3 is 12.1 Å². The van der Waals surface area contributed by atoms with Crippen molar-refractivity contribution in [1.82, 2.24) is 14.8 Å². The Labute approximate surface area is 143 Å². The second-order valence-electron chi connectivity index (χ2n) is 6.33. The number of hydrogen-bond donors (Lipinski definition) is 1. The number of carboxylic acids is 1. The van der Waals surface area contributed by atoms with Crippen LogP contribution in [0.5, 0.6) is 0 Å². The molecule has 1 atom stereocenters. The van der Waals surface area contributed by atoms with Crippen molar-refractivity contribution in [3.05, 3.63) is 15.5 Å². The summed E-state index contributed by atoms with van der Waals surface area (Å²) in [6, 6.07) is -0.780. The highest BCUT2D eigenvalue weighted by atomic mass is 35.5. The minimum Gasteiger partial charge on any atom is -0.480 e. The van der Waals surface area contributed by atoms with Gasteiger partial charge < -0.3 is 14.7 Å². The molecule has 1 aromatic heterocycles. The van der Waals surface area contributed by atoms with Gasteiger partial charge in [0.2, 0.25) is 0 Å². The number of halogens is 1. The van der Waals surface area contributed by atoms with Crippen molar-refractivity contribution in [2.45, 2.75) is 39.0 Å². The van der Waals surface area contributed by atoms with E-state index in [0.29, 0.717) is 24.1 Å². The minimum atomic E-state index is -0.964. The number of aromatic nitrogens is 1. The van der Waals surface area contributed by atoms with E-state index >= 15 is 0 Å². The molecule has 1 amide bonds. The lowest BCUT2D eigenvalue weighted by molar-refractivity contribution is -0.145. The van der Waals surface area contributed by atoms with Gasteiger partial charge in [-0.3, -0.25) is 9.69 Å². The summed E-state index contributed by atoms with van der Waals surface area (Å²) in [5.41, 5.74) is -0.605. The van der Waals surface area contributed by atoms with Crippen LogP contribution in [-0.2, 0) is 16.1 Å². The van der Waals surface area contributed by atoms with Gasteiger partial charge in [-0.05, 0) is 20.8 Å². The van der Waals surface area contributed by atoms with E-state index in [0.717, 1.165) is 4.88 Å². The first kappa shape index (κ1) is 18.0. The van der Waals surface area contributed by atoms with Gasteiger partial charge in [-0.15, -0.1) is 11.3 Å². The van der Waals surface area contributed by atoms with E-state index in [4.69, 9.17) is 16.3 Å². The number of nitrogens with zero attached hydrogens (tertiary/aromatic N) is 3. The fourth-order valence-corrected chi connectivity index (χ4v) is 3.30. The van der Waals surface area contributed by atoms with Crippen LogP contribution in [0.15, 0.2) is 6.20 Å². The zero-order chi connectivity index (χ0) is 17.2. The number of aliphatic carboxylic acids is 1. The molecule has 7 nitrogen and oxygen atoms in total. The Kier molecular flexibility index (Phi) is 5.49. The number of piperazine rings is 1. The Morgan fingerprint density at radius 2 is 2.17 bits per heavy atom. The van der Waals surface area contributed by atoms with Crippen LogP contribution in [0.3, 0.4) is 0 Å². The predicted molar refractivity (Wildman–Crippen MR) is 86.8 cm³/mol. The molecule has 1 fully saturated rings. The SMILES string of the molecule is CC(C)(C)OC(=O)N1CCN(Cc2cnc(Cl)s2)[C@@H](C(=O)O)C1. The van der Waals surface area contributed by atoms with Gasteiger partial charge in [0, 0.05) is 30.7 Å². The van der Waals surface area contributed by atoms with Gasteiger partial charge in [0.25, 0.3) is 0 Å². The number of ether oxygens (including phenoxy) is 1. The molecular weight excluding hydrogens is 342 g/mol. The molecule has 1 aliphatic heterocycles. The smallest absolute Gasteiger partial charge is 0.410 e. The molecule has 0 bridgehead atoms. The second-order valence-corrected chi connectivity index (χ2v) is 8.03. The molecule has 1 N–H and O–H groups in total. The number of amides is 1. The molecule has 1 saturated heterocycles. The number of rotatable bonds is 3. The first-order valence-electron chi connectivity index (χ1n) is 7.21. The van der Waals surface area contributed by atoms with Crippen molar-refractivity contribution in [3.8, 4) is 0 Å². The van der Waals surface area contributed by atoms with Crippen molar-refractivity contribution in [1.29, 1.82) is 0 Å². The van der Waals surface area contributed by atoms with Crippen molar-refractivity contribution < 1.29 is 19.4 Å². The minimum absolute atomic E-state index is 0.0940. The van der Waals surface area contributed by atoms with Crippen LogP contribution in [-0.4, -0.2) is 63.2 Å². The van der Waals surface area contributed by atoms with Crippen LogP contribution in [0.2, 0.25) is 4.47 Å². The van der Waals surface area contributed by atoms with Crippen LogP contribution in [0.4, 0.5) is 4.79 Å². The highest BCUT2D eigenvalue weighted by molar-refractivity contribution is 7.15. The van der Waals surface area contributed by atoms with Gasteiger partial charge in [0.05, 0.1) is 6.54 Å². The van der Waals surface area contributed by atoms with Gasteiger partial charge in [0.15, 0.2) is 4.47 Å². The van der Waals surface area contributed by atoms with Crippen molar-refractivity contribution in [2.75, 3.05) is 19.6 Å². The van der Waals surface area contributed by atoms with E-state index in [1.165, 1.54) is 16.2 Å². The number of thiazole rings is 1. The highest BCUT2D eigenvalue weighted by Crippen LogP contribution is 2.22. The number of carbonyl (C=O) groups is 2. The fraction of sp³-hybridized carbons (Fsp3) is 0.643. The third-order valence-corrected chi connectivity index (χ3v) is 4.41. The van der Waals surface area contributed by atoms with E-state index in [9.17, 15) is 14.7 Å². The first-order chi connectivity index (χ1) is 10.7. The summed E-state index contributed by atoms with van der Waals surface area (Å²) in [4.78, 5) is 31.8. The standard InChI is InChI=1S/C14H20ClN3O4S/c1-14(2,3)22-13(21)18-5-4-17(10(8-18)11(19)20)7-9-6-16-12(15)23-9/h6,10H,4-5,7-8H2,1-3H3,(H,19,20)/t10-/m1/s1. The van der Waals surface area contributed by atoms with Crippen LogP contribution in [0.25, 0.3) is 0 Å². The molecule has 0 aromatic carbocycles. The molecule has 128 valence electrons. The number of hydrogen-bond acceptors (Lipinski definition) is 6. The number of carbonyl (C=O) groups excluding carboxylic acids is 1. The highest BCUT2D eigenvalue weighted by Gasteiger charge is 2.36.